The van der Waals surface area contributed by atoms with Gasteiger partial charge in [-0.15, -0.1) is 6.42 Å². The molecule has 0 saturated carbocycles. The number of hydrogen-bond donors (Lipinski definition) is 1. The van der Waals surface area contributed by atoms with Gasteiger partial charge in [-0.3, -0.25) is 4.79 Å². The first kappa shape index (κ1) is 7.56. The number of fused-ring (bicyclic) bond motifs is 1. The van der Waals surface area contributed by atoms with Gasteiger partial charge in [0.2, 0.25) is 0 Å². The van der Waals surface area contributed by atoms with Gasteiger partial charge in [-0.05, 0) is 18.1 Å². The van der Waals surface area contributed by atoms with E-state index in [1.807, 2.05) is 12.1 Å². The number of nitrogens with one attached hydrogen (secondary N) is 1. The second-order valence-corrected chi connectivity index (χ2v) is 2.58. The SMILES string of the molecule is C#Cc1nc2ccccc2[nH]c1=O. The number of aromatic amines is 1. The summed E-state index contributed by atoms with van der Waals surface area (Å²) in [6.07, 6.45) is 5.11. The van der Waals surface area contributed by atoms with Gasteiger partial charge >= 0.3 is 0 Å². The summed E-state index contributed by atoms with van der Waals surface area (Å²) >= 11 is 0. The van der Waals surface area contributed by atoms with E-state index in [4.69, 9.17) is 6.42 Å². The van der Waals surface area contributed by atoms with Crippen LogP contribution in [0.1, 0.15) is 5.69 Å². The summed E-state index contributed by atoms with van der Waals surface area (Å²) in [5.74, 6) is 2.23. The van der Waals surface area contributed by atoms with Crippen molar-refractivity contribution in [2.24, 2.45) is 0 Å². The molecule has 0 atom stereocenters. The molecule has 0 fully saturated rings. The minimum atomic E-state index is -0.318. The van der Waals surface area contributed by atoms with E-state index >= 15 is 0 Å². The molecule has 2 aromatic rings. The predicted octanol–water partition coefficient (Wildman–Crippen LogP) is 0.904. The molecule has 0 aliphatic heterocycles. The number of aromatic nitrogens is 2. The fourth-order valence-corrected chi connectivity index (χ4v) is 1.13. The zero-order chi connectivity index (χ0) is 9.26. The van der Waals surface area contributed by atoms with Gasteiger partial charge in [0.05, 0.1) is 11.0 Å². The monoisotopic (exact) mass is 170 g/mol. The largest absolute Gasteiger partial charge is 0.318 e. The van der Waals surface area contributed by atoms with Crippen LogP contribution in [0.5, 0.6) is 0 Å². The Kier molecular flexibility index (Phi) is 1.60. The lowest BCUT2D eigenvalue weighted by Gasteiger charge is -1.95. The topological polar surface area (TPSA) is 45.8 Å². The third-order valence-electron chi connectivity index (χ3n) is 1.74. The molecule has 13 heavy (non-hydrogen) atoms. The van der Waals surface area contributed by atoms with Crippen LogP contribution in [0.15, 0.2) is 29.1 Å². The van der Waals surface area contributed by atoms with Crippen LogP contribution in [0.3, 0.4) is 0 Å². The number of benzene rings is 1. The second-order valence-electron chi connectivity index (χ2n) is 2.58. The van der Waals surface area contributed by atoms with Crippen molar-refractivity contribution in [1.29, 1.82) is 0 Å². The molecule has 0 aliphatic rings. The first-order chi connectivity index (χ1) is 6.31. The molecule has 0 unspecified atom stereocenters. The van der Waals surface area contributed by atoms with Crippen molar-refractivity contribution >= 4 is 11.0 Å². The van der Waals surface area contributed by atoms with E-state index in [1.54, 1.807) is 12.1 Å². The number of terminal acetylenes is 1. The van der Waals surface area contributed by atoms with Crippen molar-refractivity contribution < 1.29 is 0 Å². The lowest BCUT2D eigenvalue weighted by atomic mass is 10.3. The molecular weight excluding hydrogens is 164 g/mol. The minimum Gasteiger partial charge on any atom is -0.318 e. The Hall–Kier alpha value is -2.08. The first-order valence-electron chi connectivity index (χ1n) is 3.77. The molecule has 1 aromatic heterocycles. The third kappa shape index (κ3) is 1.18. The van der Waals surface area contributed by atoms with Crippen LogP contribution in [0.25, 0.3) is 11.0 Å². The average molecular weight is 170 g/mol. The summed E-state index contributed by atoms with van der Waals surface area (Å²) in [5, 5.41) is 0. The van der Waals surface area contributed by atoms with E-state index in [1.165, 1.54) is 0 Å². The molecule has 1 heterocycles. The maximum absolute atomic E-state index is 11.2. The molecule has 3 heteroatoms. The van der Waals surface area contributed by atoms with Crippen molar-refractivity contribution in [1.82, 2.24) is 9.97 Å². The molecule has 3 nitrogen and oxygen atoms in total. The summed E-state index contributed by atoms with van der Waals surface area (Å²) in [4.78, 5) is 17.9. The molecule has 1 aromatic carbocycles. The Morgan fingerprint density at radius 1 is 1.38 bits per heavy atom. The predicted molar refractivity (Wildman–Crippen MR) is 50.3 cm³/mol. The highest BCUT2D eigenvalue weighted by Crippen LogP contribution is 2.04. The molecule has 0 spiro atoms. The van der Waals surface area contributed by atoms with Crippen LogP contribution in [-0.2, 0) is 0 Å². The summed E-state index contributed by atoms with van der Waals surface area (Å²) in [6, 6.07) is 7.25. The van der Waals surface area contributed by atoms with E-state index in [-0.39, 0.29) is 11.3 Å². The Bertz CT molecular complexity index is 549. The Labute approximate surface area is 74.4 Å². The van der Waals surface area contributed by atoms with Gasteiger partial charge < -0.3 is 4.98 Å². The molecule has 62 valence electrons. The fourth-order valence-electron chi connectivity index (χ4n) is 1.13. The maximum atomic E-state index is 11.2. The highest BCUT2D eigenvalue weighted by atomic mass is 16.1. The van der Waals surface area contributed by atoms with E-state index in [2.05, 4.69) is 15.9 Å². The zero-order valence-corrected chi connectivity index (χ0v) is 6.74. The smallest absolute Gasteiger partial charge is 0.283 e. The number of para-hydroxylation sites is 2. The van der Waals surface area contributed by atoms with Crippen LogP contribution in [-0.4, -0.2) is 9.97 Å². The molecular formula is C10H6N2O. The first-order valence-corrected chi connectivity index (χ1v) is 3.77. The van der Waals surface area contributed by atoms with E-state index in [0.717, 1.165) is 0 Å². The Balaban J connectivity index is 2.91. The Morgan fingerprint density at radius 2 is 2.15 bits per heavy atom. The number of rotatable bonds is 0. The third-order valence-corrected chi connectivity index (χ3v) is 1.74. The van der Waals surface area contributed by atoms with Gasteiger partial charge in [0, 0.05) is 0 Å². The molecule has 0 aliphatic carbocycles. The quantitative estimate of drug-likeness (QED) is 0.597. The molecule has 0 bridgehead atoms. The highest BCUT2D eigenvalue weighted by Gasteiger charge is 1.99. The van der Waals surface area contributed by atoms with Crippen LogP contribution in [0, 0.1) is 12.3 Å². The van der Waals surface area contributed by atoms with Gasteiger partial charge in [-0.2, -0.15) is 0 Å². The maximum Gasteiger partial charge on any atom is 0.283 e. The van der Waals surface area contributed by atoms with Crippen molar-refractivity contribution in [2.45, 2.75) is 0 Å². The van der Waals surface area contributed by atoms with Crippen molar-refractivity contribution in [2.75, 3.05) is 0 Å². The summed E-state index contributed by atoms with van der Waals surface area (Å²) < 4.78 is 0. The summed E-state index contributed by atoms with van der Waals surface area (Å²) in [7, 11) is 0. The molecule has 1 N–H and O–H groups in total. The average Bonchev–Trinajstić information content (AvgIpc) is 2.17. The highest BCUT2D eigenvalue weighted by molar-refractivity contribution is 5.73. The van der Waals surface area contributed by atoms with Gasteiger partial charge in [-0.25, -0.2) is 4.98 Å². The minimum absolute atomic E-state index is 0.124. The van der Waals surface area contributed by atoms with Crippen LogP contribution >= 0.6 is 0 Å². The van der Waals surface area contributed by atoms with Crippen LogP contribution in [0.2, 0.25) is 0 Å². The van der Waals surface area contributed by atoms with Crippen LogP contribution < -0.4 is 5.56 Å². The van der Waals surface area contributed by atoms with Gasteiger partial charge in [-0.1, -0.05) is 12.1 Å². The lowest BCUT2D eigenvalue weighted by molar-refractivity contribution is 1.19. The lowest BCUT2D eigenvalue weighted by Crippen LogP contribution is -2.11. The van der Waals surface area contributed by atoms with E-state index in [0.29, 0.717) is 11.0 Å². The Morgan fingerprint density at radius 3 is 2.92 bits per heavy atom. The molecule has 0 saturated heterocycles. The zero-order valence-electron chi connectivity index (χ0n) is 6.74. The van der Waals surface area contributed by atoms with Crippen molar-refractivity contribution in [3.05, 3.63) is 40.3 Å². The van der Waals surface area contributed by atoms with Crippen LogP contribution in [0.4, 0.5) is 0 Å². The van der Waals surface area contributed by atoms with Gasteiger partial charge in [0.1, 0.15) is 0 Å². The number of hydrogen-bond acceptors (Lipinski definition) is 2. The van der Waals surface area contributed by atoms with E-state index in [9.17, 15) is 4.79 Å². The number of H-pyrrole nitrogens is 1. The van der Waals surface area contributed by atoms with Crippen molar-refractivity contribution in [3.8, 4) is 12.3 Å². The summed E-state index contributed by atoms with van der Waals surface area (Å²) in [5.41, 5.74) is 1.21. The molecule has 2 rings (SSSR count). The second kappa shape index (κ2) is 2.76. The molecule has 0 radical (unpaired) electrons. The van der Waals surface area contributed by atoms with Crippen molar-refractivity contribution in [3.63, 3.8) is 0 Å². The fraction of sp³-hybridized carbons (Fsp3) is 0. The normalized spacial score (nSPS) is 9.77. The number of nitrogens with zero attached hydrogens (tertiary/aromatic N) is 1. The standard InChI is InChI=1S/C10H6N2O/c1-2-7-10(13)12-9-6-4-3-5-8(9)11-7/h1,3-6H,(H,12,13). The molecule has 0 amide bonds. The summed E-state index contributed by atoms with van der Waals surface area (Å²) in [6.45, 7) is 0. The van der Waals surface area contributed by atoms with Gasteiger partial charge in [0.15, 0.2) is 5.69 Å². The van der Waals surface area contributed by atoms with Gasteiger partial charge in [0.25, 0.3) is 5.56 Å². The van der Waals surface area contributed by atoms with E-state index < -0.39 is 0 Å².